The number of rotatable bonds is 9. The van der Waals surface area contributed by atoms with Gasteiger partial charge in [-0.2, -0.15) is 5.10 Å². The molecule has 0 aromatic heterocycles. The van der Waals surface area contributed by atoms with Gasteiger partial charge < -0.3 is 14.4 Å². The van der Waals surface area contributed by atoms with E-state index in [-0.39, 0.29) is 10.5 Å². The van der Waals surface area contributed by atoms with Crippen LogP contribution in [0.2, 0.25) is 0 Å². The van der Waals surface area contributed by atoms with Crippen LogP contribution in [0.4, 0.5) is 9.18 Å². The third kappa shape index (κ3) is 5.11. The summed E-state index contributed by atoms with van der Waals surface area (Å²) in [4.78, 5) is 14.4. The van der Waals surface area contributed by atoms with Crippen LogP contribution < -0.4 is 9.47 Å². The Balaban J connectivity index is 2.29. The maximum atomic E-state index is 12.5. The number of hydrogen-bond acceptors (Lipinski definition) is 6. The molecule has 1 heterocycles. The molecule has 0 radical (unpaired) electrons. The van der Waals surface area contributed by atoms with Crippen LogP contribution in [-0.4, -0.2) is 67.3 Å². The number of hydrogen-bond donors (Lipinski definition) is 0. The normalized spacial score (nSPS) is 17.5. The van der Waals surface area contributed by atoms with Gasteiger partial charge >= 0.3 is 5.24 Å². The molecular weight excluding hydrogens is 357 g/mol. The van der Waals surface area contributed by atoms with Crippen molar-refractivity contribution in [3.8, 4) is 11.5 Å². The van der Waals surface area contributed by atoms with E-state index in [0.29, 0.717) is 18.0 Å². The van der Waals surface area contributed by atoms with Crippen LogP contribution in [0.3, 0.4) is 0 Å². The maximum Gasteiger partial charge on any atom is 0.302 e. The number of halogens is 1. The lowest BCUT2D eigenvalue weighted by Gasteiger charge is -2.29. The first-order valence-corrected chi connectivity index (χ1v) is 9.46. The number of methoxy groups -OCH3 is 1. The van der Waals surface area contributed by atoms with Crippen molar-refractivity contribution in [2.75, 3.05) is 41.2 Å². The van der Waals surface area contributed by atoms with Gasteiger partial charge in [0.2, 0.25) is 6.86 Å². The van der Waals surface area contributed by atoms with E-state index in [9.17, 15) is 9.18 Å². The largest absolute Gasteiger partial charge is 0.493 e. The van der Waals surface area contributed by atoms with Crippen molar-refractivity contribution in [3.05, 3.63) is 23.8 Å². The highest BCUT2D eigenvalue weighted by Crippen LogP contribution is 2.33. The van der Waals surface area contributed by atoms with Crippen molar-refractivity contribution in [2.45, 2.75) is 25.0 Å². The van der Waals surface area contributed by atoms with E-state index < -0.39 is 6.86 Å². The summed E-state index contributed by atoms with van der Waals surface area (Å²) < 4.78 is 22.7. The van der Waals surface area contributed by atoms with E-state index in [1.165, 1.54) is 23.9 Å². The number of nitrogens with zero attached hydrogens (tertiary/aromatic N) is 3. The molecule has 1 aromatic carbocycles. The molecular formula is C18H26FN3O3S. The Morgan fingerprint density at radius 3 is 2.73 bits per heavy atom. The number of ether oxygens (including phenoxy) is 2. The van der Waals surface area contributed by atoms with Gasteiger partial charge in [0.1, 0.15) is 0 Å². The lowest BCUT2D eigenvalue weighted by Crippen LogP contribution is -2.36. The van der Waals surface area contributed by atoms with Gasteiger partial charge in [0, 0.05) is 12.1 Å². The van der Waals surface area contributed by atoms with E-state index in [1.54, 1.807) is 12.1 Å². The first kappa shape index (κ1) is 20.5. The van der Waals surface area contributed by atoms with Crippen LogP contribution in [0, 0.1) is 0 Å². The standard InChI is InChI=1S/C18H26FN3O3S/c1-5-16-17(13-7-8-14(25-12-19)15(11-13)24-4)20-22(18(23)26-16)10-6-9-21(2)3/h7-8,11,16H,5-6,9-10,12H2,1-4H3. The van der Waals surface area contributed by atoms with Gasteiger partial charge in [0.15, 0.2) is 11.5 Å². The Hall–Kier alpha value is -1.80. The predicted molar refractivity (Wildman–Crippen MR) is 103 cm³/mol. The van der Waals surface area contributed by atoms with Crippen molar-refractivity contribution in [1.82, 2.24) is 9.91 Å². The minimum atomic E-state index is -0.918. The summed E-state index contributed by atoms with van der Waals surface area (Å²) in [6, 6.07) is 5.27. The second-order valence-corrected chi connectivity index (χ2v) is 7.32. The molecule has 2 rings (SSSR count). The van der Waals surface area contributed by atoms with Crippen LogP contribution in [0.15, 0.2) is 23.3 Å². The number of benzene rings is 1. The number of carbonyl (C=O) groups excluding carboxylic acids is 1. The molecule has 1 aromatic rings. The molecule has 1 unspecified atom stereocenters. The maximum absolute atomic E-state index is 12.5. The molecule has 0 spiro atoms. The average Bonchev–Trinajstić information content (AvgIpc) is 2.63. The summed E-state index contributed by atoms with van der Waals surface area (Å²) in [5.41, 5.74) is 1.67. The summed E-state index contributed by atoms with van der Waals surface area (Å²) in [5.74, 6) is 0.786. The Morgan fingerprint density at radius 1 is 1.35 bits per heavy atom. The van der Waals surface area contributed by atoms with Crippen LogP contribution in [0.1, 0.15) is 25.3 Å². The number of alkyl halides is 1. The van der Waals surface area contributed by atoms with Gasteiger partial charge in [-0.25, -0.2) is 9.40 Å². The lowest BCUT2D eigenvalue weighted by atomic mass is 10.0. The molecule has 0 fully saturated rings. The molecule has 26 heavy (non-hydrogen) atoms. The van der Waals surface area contributed by atoms with Gasteiger partial charge in [-0.05, 0) is 51.7 Å². The molecule has 0 saturated carbocycles. The predicted octanol–water partition coefficient (Wildman–Crippen LogP) is 3.60. The molecule has 6 nitrogen and oxygen atoms in total. The van der Waals surface area contributed by atoms with Crippen LogP contribution >= 0.6 is 11.8 Å². The lowest BCUT2D eigenvalue weighted by molar-refractivity contribution is 0.184. The van der Waals surface area contributed by atoms with Crippen LogP contribution in [-0.2, 0) is 0 Å². The highest BCUT2D eigenvalue weighted by Gasteiger charge is 2.30. The fourth-order valence-corrected chi connectivity index (χ4v) is 3.64. The van der Waals surface area contributed by atoms with Crippen molar-refractivity contribution in [2.24, 2.45) is 5.10 Å². The molecule has 0 aliphatic carbocycles. The first-order chi connectivity index (χ1) is 12.5. The van der Waals surface area contributed by atoms with Crippen molar-refractivity contribution in [1.29, 1.82) is 0 Å². The first-order valence-electron chi connectivity index (χ1n) is 8.58. The minimum Gasteiger partial charge on any atom is -0.493 e. The van der Waals surface area contributed by atoms with E-state index in [1.807, 2.05) is 27.1 Å². The summed E-state index contributed by atoms with van der Waals surface area (Å²) in [6.45, 7) is 2.57. The number of amides is 1. The van der Waals surface area contributed by atoms with E-state index in [0.717, 1.165) is 30.7 Å². The molecule has 1 aliphatic heterocycles. The van der Waals surface area contributed by atoms with Gasteiger partial charge in [-0.15, -0.1) is 0 Å². The molecule has 1 aliphatic rings. The van der Waals surface area contributed by atoms with Crippen molar-refractivity contribution >= 4 is 22.7 Å². The van der Waals surface area contributed by atoms with Gasteiger partial charge in [0.25, 0.3) is 0 Å². The topological polar surface area (TPSA) is 54.4 Å². The van der Waals surface area contributed by atoms with Gasteiger partial charge in [-0.1, -0.05) is 18.7 Å². The number of thioether (sulfide) groups is 1. The highest BCUT2D eigenvalue weighted by molar-refractivity contribution is 8.14. The average molecular weight is 383 g/mol. The zero-order valence-corrected chi connectivity index (χ0v) is 16.5. The fraction of sp³-hybridized carbons (Fsp3) is 0.556. The van der Waals surface area contributed by atoms with E-state index >= 15 is 0 Å². The molecule has 144 valence electrons. The second-order valence-electron chi connectivity index (χ2n) is 6.16. The Labute approximate surface area is 158 Å². The molecule has 0 bridgehead atoms. The monoisotopic (exact) mass is 383 g/mol. The molecule has 0 saturated heterocycles. The van der Waals surface area contributed by atoms with Crippen LogP contribution in [0.25, 0.3) is 0 Å². The Bertz CT molecular complexity index is 655. The van der Waals surface area contributed by atoms with Gasteiger partial charge in [0.05, 0.1) is 18.1 Å². The Morgan fingerprint density at radius 2 is 2.12 bits per heavy atom. The second kappa shape index (κ2) is 9.78. The number of carbonyl (C=O) groups is 1. The van der Waals surface area contributed by atoms with Crippen LogP contribution in [0.5, 0.6) is 11.5 Å². The number of hydrazone groups is 1. The minimum absolute atomic E-state index is 0.0229. The summed E-state index contributed by atoms with van der Waals surface area (Å²) >= 11 is 1.29. The van der Waals surface area contributed by atoms with Gasteiger partial charge in [-0.3, -0.25) is 4.79 Å². The molecule has 1 atom stereocenters. The highest BCUT2D eigenvalue weighted by atomic mass is 32.2. The third-order valence-electron chi connectivity index (χ3n) is 4.00. The van der Waals surface area contributed by atoms with E-state index in [2.05, 4.69) is 10.0 Å². The molecule has 0 N–H and O–H groups in total. The summed E-state index contributed by atoms with van der Waals surface area (Å²) in [5, 5.41) is 6.11. The van der Waals surface area contributed by atoms with Crippen molar-refractivity contribution < 1.29 is 18.7 Å². The Kier molecular flexibility index (Phi) is 7.71. The smallest absolute Gasteiger partial charge is 0.302 e. The quantitative estimate of drug-likeness (QED) is 0.652. The molecule has 8 heteroatoms. The fourth-order valence-electron chi connectivity index (χ4n) is 2.68. The van der Waals surface area contributed by atoms with E-state index in [4.69, 9.17) is 9.47 Å². The zero-order chi connectivity index (χ0) is 19.1. The summed E-state index contributed by atoms with van der Waals surface area (Å²) in [6.07, 6.45) is 1.63. The summed E-state index contributed by atoms with van der Waals surface area (Å²) in [7, 11) is 5.51. The third-order valence-corrected chi connectivity index (χ3v) is 5.26. The SMILES string of the molecule is CCC1SC(=O)N(CCCN(C)C)N=C1c1ccc(OCF)c(OC)c1. The van der Waals surface area contributed by atoms with Crippen molar-refractivity contribution in [3.63, 3.8) is 0 Å². The zero-order valence-electron chi connectivity index (χ0n) is 15.7. The molecule has 1 amide bonds.